The maximum absolute atomic E-state index is 13.6. The van der Waals surface area contributed by atoms with Gasteiger partial charge in [0.15, 0.2) is 11.6 Å². The Morgan fingerprint density at radius 3 is 0.952 bits per heavy atom. The Balaban J connectivity index is 1.37. The van der Waals surface area contributed by atoms with E-state index in [0.29, 0.717) is 34.4 Å². The highest BCUT2D eigenvalue weighted by molar-refractivity contribution is 5.66. The quantitative estimate of drug-likeness (QED) is 0.267. The minimum atomic E-state index is -0.272. The molecule has 0 bridgehead atoms. The van der Waals surface area contributed by atoms with Crippen molar-refractivity contribution in [2.75, 3.05) is 0 Å². The SMILES string of the molecule is O=c1n(-c2ccccc2)nc(-c2ccc(-c3nn(-c4ccccc4)c(=O)n3-c3ccccc3)cc2)n1-c1ccccc1. The van der Waals surface area contributed by atoms with Gasteiger partial charge in [-0.25, -0.2) is 18.7 Å². The van der Waals surface area contributed by atoms with Crippen molar-refractivity contribution in [2.24, 2.45) is 0 Å². The van der Waals surface area contributed by atoms with Gasteiger partial charge in [-0.2, -0.15) is 9.36 Å². The van der Waals surface area contributed by atoms with Crippen molar-refractivity contribution in [3.8, 4) is 45.5 Å². The average Bonchev–Trinajstić information content (AvgIpc) is 3.59. The van der Waals surface area contributed by atoms with E-state index < -0.39 is 0 Å². The lowest BCUT2D eigenvalue weighted by Crippen LogP contribution is -2.22. The number of nitrogens with zero attached hydrogens (tertiary/aromatic N) is 6. The van der Waals surface area contributed by atoms with E-state index in [-0.39, 0.29) is 11.4 Å². The minimum Gasteiger partial charge on any atom is -0.245 e. The Labute approximate surface area is 240 Å². The van der Waals surface area contributed by atoms with Crippen LogP contribution in [-0.2, 0) is 0 Å². The minimum absolute atomic E-state index is 0.272. The second-order valence-electron chi connectivity index (χ2n) is 9.63. The van der Waals surface area contributed by atoms with Crippen LogP contribution in [0.15, 0.2) is 155 Å². The molecule has 0 saturated heterocycles. The van der Waals surface area contributed by atoms with Crippen LogP contribution in [0.5, 0.6) is 0 Å². The lowest BCUT2D eigenvalue weighted by atomic mass is 10.1. The molecule has 2 heterocycles. The summed E-state index contributed by atoms with van der Waals surface area (Å²) in [4.78, 5) is 27.3. The van der Waals surface area contributed by atoms with Crippen LogP contribution in [0.3, 0.4) is 0 Å². The van der Waals surface area contributed by atoms with E-state index in [0.717, 1.165) is 11.1 Å². The Kier molecular flexibility index (Phi) is 6.25. The fourth-order valence-corrected chi connectivity index (χ4v) is 4.97. The van der Waals surface area contributed by atoms with Gasteiger partial charge in [-0.3, -0.25) is 0 Å². The van der Waals surface area contributed by atoms with Gasteiger partial charge in [-0.05, 0) is 48.5 Å². The van der Waals surface area contributed by atoms with Gasteiger partial charge in [-0.15, -0.1) is 10.2 Å². The molecular formula is C34H24N6O2. The molecule has 0 atom stereocenters. The zero-order valence-corrected chi connectivity index (χ0v) is 22.4. The second-order valence-corrected chi connectivity index (χ2v) is 9.63. The molecular weight excluding hydrogens is 524 g/mol. The Morgan fingerprint density at radius 1 is 0.357 bits per heavy atom. The van der Waals surface area contributed by atoms with Gasteiger partial charge in [0.25, 0.3) is 0 Å². The van der Waals surface area contributed by atoms with Crippen LogP contribution in [0.2, 0.25) is 0 Å². The number of hydrogen-bond donors (Lipinski definition) is 0. The van der Waals surface area contributed by atoms with Crippen LogP contribution in [-0.4, -0.2) is 28.7 Å². The summed E-state index contributed by atoms with van der Waals surface area (Å²) in [6, 6.07) is 45.2. The molecule has 8 nitrogen and oxygen atoms in total. The third-order valence-corrected chi connectivity index (χ3v) is 6.99. The predicted molar refractivity (Wildman–Crippen MR) is 163 cm³/mol. The summed E-state index contributed by atoms with van der Waals surface area (Å²) in [5, 5.41) is 9.49. The highest BCUT2D eigenvalue weighted by Crippen LogP contribution is 2.26. The van der Waals surface area contributed by atoms with Gasteiger partial charge in [0, 0.05) is 11.1 Å². The molecule has 0 aliphatic carbocycles. The molecule has 0 aliphatic heterocycles. The van der Waals surface area contributed by atoms with Crippen LogP contribution in [0.25, 0.3) is 45.5 Å². The number of rotatable bonds is 6. The molecule has 0 aliphatic rings. The van der Waals surface area contributed by atoms with E-state index >= 15 is 0 Å². The average molecular weight is 549 g/mol. The topological polar surface area (TPSA) is 79.6 Å². The summed E-state index contributed by atoms with van der Waals surface area (Å²) in [6.07, 6.45) is 0. The summed E-state index contributed by atoms with van der Waals surface area (Å²) < 4.78 is 6.02. The largest absolute Gasteiger partial charge is 0.355 e. The van der Waals surface area contributed by atoms with Crippen molar-refractivity contribution in [1.82, 2.24) is 28.7 Å². The van der Waals surface area contributed by atoms with E-state index in [1.165, 1.54) is 9.36 Å². The number of benzene rings is 5. The zero-order chi connectivity index (χ0) is 28.5. The zero-order valence-electron chi connectivity index (χ0n) is 22.4. The third kappa shape index (κ3) is 4.37. The van der Waals surface area contributed by atoms with Crippen LogP contribution in [0.1, 0.15) is 0 Å². The monoisotopic (exact) mass is 548 g/mol. The third-order valence-electron chi connectivity index (χ3n) is 6.99. The van der Waals surface area contributed by atoms with Gasteiger partial charge in [0.2, 0.25) is 0 Å². The van der Waals surface area contributed by atoms with Crippen LogP contribution < -0.4 is 11.4 Å². The van der Waals surface area contributed by atoms with Crippen molar-refractivity contribution in [2.45, 2.75) is 0 Å². The van der Waals surface area contributed by atoms with Crippen molar-refractivity contribution in [3.63, 3.8) is 0 Å². The van der Waals surface area contributed by atoms with Gasteiger partial charge in [0.1, 0.15) is 0 Å². The Morgan fingerprint density at radius 2 is 0.643 bits per heavy atom. The fraction of sp³-hybridized carbons (Fsp3) is 0. The molecule has 0 radical (unpaired) electrons. The molecule has 0 unspecified atom stereocenters. The van der Waals surface area contributed by atoms with Gasteiger partial charge < -0.3 is 0 Å². The Bertz CT molecular complexity index is 1940. The van der Waals surface area contributed by atoms with Crippen molar-refractivity contribution >= 4 is 0 Å². The van der Waals surface area contributed by atoms with Gasteiger partial charge >= 0.3 is 11.4 Å². The van der Waals surface area contributed by atoms with Gasteiger partial charge in [-0.1, -0.05) is 97.1 Å². The van der Waals surface area contributed by atoms with E-state index in [2.05, 4.69) is 0 Å². The van der Waals surface area contributed by atoms with E-state index in [1.807, 2.05) is 146 Å². The molecule has 202 valence electrons. The highest BCUT2D eigenvalue weighted by Gasteiger charge is 2.20. The predicted octanol–water partition coefficient (Wildman–Crippen LogP) is 5.69. The molecule has 7 aromatic rings. The molecule has 0 saturated carbocycles. The normalized spacial score (nSPS) is 11.0. The van der Waals surface area contributed by atoms with Crippen molar-refractivity contribution in [1.29, 1.82) is 0 Å². The summed E-state index contributed by atoms with van der Waals surface area (Å²) >= 11 is 0. The molecule has 0 amide bonds. The number of hydrogen-bond acceptors (Lipinski definition) is 4. The number of aromatic nitrogens is 6. The maximum Gasteiger partial charge on any atom is 0.355 e. The van der Waals surface area contributed by atoms with E-state index in [1.54, 1.807) is 9.13 Å². The van der Waals surface area contributed by atoms with Crippen LogP contribution >= 0.6 is 0 Å². The smallest absolute Gasteiger partial charge is 0.245 e. The second kappa shape index (κ2) is 10.5. The molecule has 0 spiro atoms. The lowest BCUT2D eigenvalue weighted by Gasteiger charge is -2.08. The summed E-state index contributed by atoms with van der Waals surface area (Å²) in [6.45, 7) is 0. The molecule has 0 fully saturated rings. The first kappa shape index (κ1) is 25.0. The molecule has 8 heteroatoms. The molecule has 2 aromatic heterocycles. The first-order chi connectivity index (χ1) is 20.7. The summed E-state index contributed by atoms with van der Waals surface area (Å²) in [5.74, 6) is 0.994. The van der Waals surface area contributed by atoms with E-state index in [9.17, 15) is 9.59 Å². The molecule has 0 N–H and O–H groups in total. The van der Waals surface area contributed by atoms with Crippen molar-refractivity contribution in [3.05, 3.63) is 167 Å². The van der Waals surface area contributed by atoms with E-state index in [4.69, 9.17) is 10.2 Å². The van der Waals surface area contributed by atoms with Gasteiger partial charge in [0.05, 0.1) is 22.7 Å². The van der Waals surface area contributed by atoms with Crippen molar-refractivity contribution < 1.29 is 0 Å². The molecule has 5 aromatic carbocycles. The first-order valence-electron chi connectivity index (χ1n) is 13.5. The van der Waals surface area contributed by atoms with Crippen LogP contribution in [0, 0.1) is 0 Å². The lowest BCUT2D eigenvalue weighted by molar-refractivity contribution is 0.830. The standard InChI is InChI=1S/C34H24N6O2/c41-33-37(27-13-5-1-6-14-27)31(35-39(33)29-17-9-3-10-18-29)25-21-23-26(24-22-25)32-36-40(30-19-11-4-12-20-30)34(42)38(32)28-15-7-2-8-16-28/h1-24H. The number of para-hydroxylation sites is 4. The molecule has 42 heavy (non-hydrogen) atoms. The highest BCUT2D eigenvalue weighted by atomic mass is 16.2. The molecule has 7 rings (SSSR count). The summed E-state index contributed by atoms with van der Waals surface area (Å²) in [7, 11) is 0. The first-order valence-corrected chi connectivity index (χ1v) is 13.5. The fourth-order valence-electron chi connectivity index (χ4n) is 4.97. The van der Waals surface area contributed by atoms with Crippen LogP contribution in [0.4, 0.5) is 0 Å². The maximum atomic E-state index is 13.6. The summed E-state index contributed by atoms with van der Waals surface area (Å²) in [5.41, 5.74) is 3.71. The Hall–Kier alpha value is -6.02.